The van der Waals surface area contributed by atoms with Crippen molar-refractivity contribution in [2.75, 3.05) is 26.3 Å². The zero-order valence-corrected chi connectivity index (χ0v) is 11.1. The molecular weight excluding hydrogens is 226 g/mol. The summed E-state index contributed by atoms with van der Waals surface area (Å²) in [4.78, 5) is 0. The third-order valence-electron chi connectivity index (χ3n) is 4.99. The van der Waals surface area contributed by atoms with Crippen LogP contribution in [0.15, 0.2) is 12.2 Å². The van der Waals surface area contributed by atoms with Gasteiger partial charge in [0.1, 0.15) is 0 Å². The van der Waals surface area contributed by atoms with Crippen LogP contribution in [0.4, 0.5) is 0 Å². The fourth-order valence-electron chi connectivity index (χ4n) is 3.81. The van der Waals surface area contributed by atoms with Crippen molar-refractivity contribution >= 4 is 0 Å². The van der Waals surface area contributed by atoms with Gasteiger partial charge in [0.2, 0.25) is 0 Å². The zero-order valence-electron chi connectivity index (χ0n) is 11.1. The van der Waals surface area contributed by atoms with Crippen molar-refractivity contribution in [3.05, 3.63) is 12.2 Å². The van der Waals surface area contributed by atoms with Gasteiger partial charge in [-0.1, -0.05) is 12.2 Å². The van der Waals surface area contributed by atoms with Gasteiger partial charge in [0, 0.05) is 19.8 Å². The van der Waals surface area contributed by atoms with Crippen molar-refractivity contribution in [1.29, 1.82) is 0 Å². The maximum absolute atomic E-state index is 10.1. The van der Waals surface area contributed by atoms with Crippen LogP contribution in [-0.2, 0) is 4.74 Å². The Morgan fingerprint density at radius 1 is 1.22 bits per heavy atom. The summed E-state index contributed by atoms with van der Waals surface area (Å²) in [6, 6.07) is 0. The van der Waals surface area contributed by atoms with Gasteiger partial charge in [-0.15, -0.1) is 0 Å². The number of hydrogen-bond acceptors (Lipinski definition) is 3. The molecule has 2 fully saturated rings. The van der Waals surface area contributed by atoms with E-state index in [0.29, 0.717) is 5.92 Å². The lowest BCUT2D eigenvalue weighted by molar-refractivity contribution is 0.00824. The lowest BCUT2D eigenvalue weighted by atomic mass is 9.92. The summed E-state index contributed by atoms with van der Waals surface area (Å²) in [6.07, 6.45) is 9.34. The van der Waals surface area contributed by atoms with Crippen LogP contribution in [0, 0.1) is 23.7 Å². The Morgan fingerprint density at radius 2 is 2.06 bits per heavy atom. The molecule has 1 heterocycles. The van der Waals surface area contributed by atoms with Crippen LogP contribution in [0.5, 0.6) is 0 Å². The number of allylic oxidation sites excluding steroid dienone is 2. The molecule has 3 aliphatic rings. The third kappa shape index (κ3) is 2.79. The van der Waals surface area contributed by atoms with Gasteiger partial charge in [-0.05, 0) is 55.9 Å². The number of fused-ring (bicyclic) bond motifs is 2. The Morgan fingerprint density at radius 3 is 2.72 bits per heavy atom. The molecule has 4 atom stereocenters. The number of aliphatic hydroxyl groups excluding tert-OH is 1. The SMILES string of the molecule is O[C@@H](CNC[C@H]1C[C@H]2C=C[C@H]1C2)C1CCOCC1. The highest BCUT2D eigenvalue weighted by molar-refractivity contribution is 5.10. The molecule has 0 aromatic heterocycles. The van der Waals surface area contributed by atoms with Gasteiger partial charge < -0.3 is 15.2 Å². The van der Waals surface area contributed by atoms with E-state index in [1.807, 2.05) is 0 Å². The van der Waals surface area contributed by atoms with Crippen LogP contribution in [-0.4, -0.2) is 37.5 Å². The van der Waals surface area contributed by atoms with Crippen molar-refractivity contribution in [3.63, 3.8) is 0 Å². The second-order valence-electron chi connectivity index (χ2n) is 6.22. The lowest BCUT2D eigenvalue weighted by Crippen LogP contribution is -2.38. The summed E-state index contributed by atoms with van der Waals surface area (Å²) in [5.41, 5.74) is 0. The molecule has 3 heteroatoms. The van der Waals surface area contributed by atoms with E-state index in [-0.39, 0.29) is 6.10 Å². The molecule has 0 aromatic rings. The summed E-state index contributed by atoms with van der Waals surface area (Å²) >= 11 is 0. The van der Waals surface area contributed by atoms with Gasteiger partial charge in [-0.25, -0.2) is 0 Å². The molecule has 1 saturated carbocycles. The monoisotopic (exact) mass is 251 g/mol. The predicted molar refractivity (Wildman–Crippen MR) is 71.3 cm³/mol. The minimum absolute atomic E-state index is 0.192. The van der Waals surface area contributed by atoms with Gasteiger partial charge in [0.15, 0.2) is 0 Å². The van der Waals surface area contributed by atoms with E-state index < -0.39 is 0 Å². The predicted octanol–water partition coefficient (Wildman–Crippen LogP) is 1.58. The highest BCUT2D eigenvalue weighted by Gasteiger charge is 2.35. The number of hydrogen-bond donors (Lipinski definition) is 2. The minimum atomic E-state index is -0.192. The first-order valence-corrected chi connectivity index (χ1v) is 7.48. The van der Waals surface area contributed by atoms with Crippen molar-refractivity contribution < 1.29 is 9.84 Å². The highest BCUT2D eigenvalue weighted by Crippen LogP contribution is 2.42. The van der Waals surface area contributed by atoms with Crippen molar-refractivity contribution in [2.24, 2.45) is 23.7 Å². The number of ether oxygens (including phenoxy) is 1. The normalized spacial score (nSPS) is 37.3. The topological polar surface area (TPSA) is 41.5 Å². The summed E-state index contributed by atoms with van der Waals surface area (Å²) in [5.74, 6) is 2.90. The molecule has 1 aliphatic heterocycles. The standard InChI is InChI=1S/C15H25NO2/c17-15(12-3-5-18-6-4-12)10-16-9-14-8-11-1-2-13(14)7-11/h1-2,11-17H,3-10H2/t11-,13-,14+,15-/m0/s1. The molecule has 0 aromatic carbocycles. The Balaban J connectivity index is 1.35. The average molecular weight is 251 g/mol. The number of rotatable bonds is 5. The summed E-state index contributed by atoms with van der Waals surface area (Å²) in [6.45, 7) is 3.46. The fraction of sp³-hybridized carbons (Fsp3) is 0.867. The van der Waals surface area contributed by atoms with Gasteiger partial charge in [-0.3, -0.25) is 0 Å². The van der Waals surface area contributed by atoms with E-state index >= 15 is 0 Å². The molecule has 18 heavy (non-hydrogen) atoms. The molecule has 0 unspecified atom stereocenters. The van der Waals surface area contributed by atoms with Gasteiger partial charge in [0.25, 0.3) is 0 Å². The summed E-state index contributed by atoms with van der Waals surface area (Å²) < 4.78 is 5.33. The number of aliphatic hydroxyl groups is 1. The Bertz CT molecular complexity index is 299. The quantitative estimate of drug-likeness (QED) is 0.729. The molecule has 2 bridgehead atoms. The molecule has 0 amide bonds. The fourth-order valence-corrected chi connectivity index (χ4v) is 3.81. The van der Waals surface area contributed by atoms with Gasteiger partial charge in [-0.2, -0.15) is 0 Å². The van der Waals surface area contributed by atoms with Crippen LogP contribution in [0.1, 0.15) is 25.7 Å². The second-order valence-corrected chi connectivity index (χ2v) is 6.22. The highest BCUT2D eigenvalue weighted by atomic mass is 16.5. The van der Waals surface area contributed by atoms with Gasteiger partial charge in [0.05, 0.1) is 6.10 Å². The molecule has 3 nitrogen and oxygen atoms in total. The van der Waals surface area contributed by atoms with E-state index in [1.165, 1.54) is 12.8 Å². The minimum Gasteiger partial charge on any atom is -0.392 e. The lowest BCUT2D eigenvalue weighted by Gasteiger charge is -2.27. The van der Waals surface area contributed by atoms with Crippen LogP contribution >= 0.6 is 0 Å². The molecule has 3 rings (SSSR count). The molecule has 2 aliphatic carbocycles. The van der Waals surface area contributed by atoms with E-state index in [4.69, 9.17) is 4.74 Å². The smallest absolute Gasteiger partial charge is 0.0694 e. The van der Waals surface area contributed by atoms with Crippen LogP contribution in [0.3, 0.4) is 0 Å². The first-order valence-electron chi connectivity index (χ1n) is 7.48. The van der Waals surface area contributed by atoms with Crippen LogP contribution < -0.4 is 5.32 Å². The largest absolute Gasteiger partial charge is 0.392 e. The van der Waals surface area contributed by atoms with E-state index in [9.17, 15) is 5.11 Å². The Kier molecular flexibility index (Phi) is 4.02. The van der Waals surface area contributed by atoms with Gasteiger partial charge >= 0.3 is 0 Å². The van der Waals surface area contributed by atoms with E-state index in [2.05, 4.69) is 17.5 Å². The maximum atomic E-state index is 10.1. The molecule has 102 valence electrons. The Hall–Kier alpha value is -0.380. The van der Waals surface area contributed by atoms with Crippen molar-refractivity contribution in [3.8, 4) is 0 Å². The van der Waals surface area contributed by atoms with E-state index in [0.717, 1.165) is 56.9 Å². The van der Waals surface area contributed by atoms with Crippen molar-refractivity contribution in [1.82, 2.24) is 5.32 Å². The average Bonchev–Trinajstić information content (AvgIpc) is 3.02. The molecule has 0 spiro atoms. The number of nitrogens with one attached hydrogen (secondary N) is 1. The van der Waals surface area contributed by atoms with Crippen LogP contribution in [0.25, 0.3) is 0 Å². The molecule has 2 N–H and O–H groups in total. The summed E-state index contributed by atoms with van der Waals surface area (Å²) in [7, 11) is 0. The van der Waals surface area contributed by atoms with Crippen LogP contribution in [0.2, 0.25) is 0 Å². The first kappa shape index (κ1) is 12.6. The Labute approximate surface area is 110 Å². The maximum Gasteiger partial charge on any atom is 0.0694 e. The molecular formula is C15H25NO2. The van der Waals surface area contributed by atoms with E-state index in [1.54, 1.807) is 0 Å². The molecule has 1 saturated heterocycles. The summed E-state index contributed by atoms with van der Waals surface area (Å²) in [5, 5.41) is 13.6. The first-order chi connectivity index (χ1) is 8.83. The zero-order chi connectivity index (χ0) is 12.4. The van der Waals surface area contributed by atoms with Crippen molar-refractivity contribution in [2.45, 2.75) is 31.8 Å². The second kappa shape index (κ2) is 5.72. The molecule has 0 radical (unpaired) electrons. The third-order valence-corrected chi connectivity index (χ3v) is 4.99.